The number of nitrogens with one attached hydrogen (secondary N) is 2. The van der Waals surface area contributed by atoms with Crippen molar-refractivity contribution in [3.63, 3.8) is 0 Å². The van der Waals surface area contributed by atoms with Gasteiger partial charge >= 0.3 is 0 Å². The van der Waals surface area contributed by atoms with Crippen LogP contribution in [-0.4, -0.2) is 29.3 Å². The van der Waals surface area contributed by atoms with Crippen LogP contribution in [0.15, 0.2) is 0 Å². The quantitative estimate of drug-likeness (QED) is 0.307. The minimum atomic E-state index is 0.289. The van der Waals surface area contributed by atoms with Crippen LogP contribution >= 0.6 is 0 Å². The second-order valence-electron chi connectivity index (χ2n) is 2.13. The van der Waals surface area contributed by atoms with Gasteiger partial charge in [-0.25, -0.2) is 0 Å². The van der Waals surface area contributed by atoms with E-state index in [1.807, 2.05) is 0 Å². The average molecular weight is 146 g/mol. The van der Waals surface area contributed by atoms with Crippen LogP contribution in [0.25, 0.3) is 0 Å². The number of hydrogen-bond donors (Lipinski definition) is 2. The molecular weight excluding hydrogens is 128 g/mol. The molecule has 3 heteroatoms. The minimum absolute atomic E-state index is 0.289. The van der Waals surface area contributed by atoms with Gasteiger partial charge in [0.1, 0.15) is 0 Å². The van der Waals surface area contributed by atoms with Gasteiger partial charge in [-0.2, -0.15) is 0 Å². The molecular formula is C6H18N2Si. The van der Waals surface area contributed by atoms with E-state index in [9.17, 15) is 0 Å². The third-order valence-electron chi connectivity index (χ3n) is 1.21. The normalized spacial score (nSPS) is 11.3. The molecule has 2 nitrogen and oxygen atoms in total. The van der Waals surface area contributed by atoms with Gasteiger partial charge in [-0.1, -0.05) is 19.5 Å². The Morgan fingerprint density at radius 3 is 2.67 bits per heavy atom. The van der Waals surface area contributed by atoms with Gasteiger partial charge in [-0.15, -0.1) is 0 Å². The van der Waals surface area contributed by atoms with Gasteiger partial charge in [0.25, 0.3) is 0 Å². The lowest BCUT2D eigenvalue weighted by Crippen LogP contribution is -2.29. The second kappa shape index (κ2) is 8.14. The van der Waals surface area contributed by atoms with Crippen LogP contribution in [0.4, 0.5) is 0 Å². The molecule has 0 heterocycles. The first-order valence-corrected chi connectivity index (χ1v) is 6.24. The molecule has 0 fully saturated rings. The standard InChI is InChI=1S/C6H18N2Si/c1-3-7-6-8-4-5-9-2/h7-8H,3-6,9H2,1-2H3. The van der Waals surface area contributed by atoms with E-state index in [1.165, 1.54) is 12.6 Å². The molecule has 0 aliphatic heterocycles. The first-order chi connectivity index (χ1) is 4.41. The van der Waals surface area contributed by atoms with Crippen molar-refractivity contribution >= 4 is 9.52 Å². The van der Waals surface area contributed by atoms with Crippen molar-refractivity contribution in [1.29, 1.82) is 0 Å². The van der Waals surface area contributed by atoms with E-state index in [2.05, 4.69) is 24.1 Å². The van der Waals surface area contributed by atoms with Crippen molar-refractivity contribution in [3.8, 4) is 0 Å². The Kier molecular flexibility index (Phi) is 8.26. The molecule has 0 aromatic rings. The molecule has 56 valence electrons. The van der Waals surface area contributed by atoms with Crippen molar-refractivity contribution in [3.05, 3.63) is 0 Å². The lowest BCUT2D eigenvalue weighted by atomic mass is 10.7. The van der Waals surface area contributed by atoms with Gasteiger partial charge in [0.15, 0.2) is 0 Å². The molecule has 0 unspecified atom stereocenters. The Morgan fingerprint density at radius 1 is 1.33 bits per heavy atom. The third kappa shape index (κ3) is 8.14. The third-order valence-corrected chi connectivity index (χ3v) is 2.27. The van der Waals surface area contributed by atoms with E-state index in [0.29, 0.717) is 0 Å². The lowest BCUT2D eigenvalue weighted by molar-refractivity contribution is 0.616. The Morgan fingerprint density at radius 2 is 2.11 bits per heavy atom. The van der Waals surface area contributed by atoms with E-state index in [-0.39, 0.29) is 9.52 Å². The molecule has 0 atom stereocenters. The van der Waals surface area contributed by atoms with Crippen LogP contribution in [0, 0.1) is 0 Å². The van der Waals surface area contributed by atoms with Crippen LogP contribution in [0.5, 0.6) is 0 Å². The highest BCUT2D eigenvalue weighted by atomic mass is 28.2. The number of rotatable bonds is 6. The van der Waals surface area contributed by atoms with Crippen molar-refractivity contribution in [1.82, 2.24) is 10.6 Å². The van der Waals surface area contributed by atoms with Crippen molar-refractivity contribution in [2.75, 3.05) is 19.8 Å². The molecule has 0 rings (SSSR count). The van der Waals surface area contributed by atoms with E-state index in [1.54, 1.807) is 0 Å². The predicted molar refractivity (Wildman–Crippen MR) is 45.8 cm³/mol. The molecule has 0 bridgehead atoms. The molecule has 0 saturated heterocycles. The van der Waals surface area contributed by atoms with Gasteiger partial charge in [0.2, 0.25) is 0 Å². The van der Waals surface area contributed by atoms with Crippen molar-refractivity contribution < 1.29 is 0 Å². The van der Waals surface area contributed by atoms with Crippen LogP contribution in [0.1, 0.15) is 6.92 Å². The molecule has 0 amide bonds. The first-order valence-electron chi connectivity index (χ1n) is 3.83. The van der Waals surface area contributed by atoms with Gasteiger partial charge in [-0.05, 0) is 13.1 Å². The summed E-state index contributed by atoms with van der Waals surface area (Å²) in [6, 6.07) is 1.42. The summed E-state index contributed by atoms with van der Waals surface area (Å²) >= 11 is 0. The van der Waals surface area contributed by atoms with E-state index in [0.717, 1.165) is 13.2 Å². The maximum absolute atomic E-state index is 3.31. The summed E-state index contributed by atoms with van der Waals surface area (Å²) in [5, 5.41) is 6.52. The highest BCUT2D eigenvalue weighted by Gasteiger charge is 1.82. The molecule has 9 heavy (non-hydrogen) atoms. The molecule has 0 spiro atoms. The Bertz CT molecular complexity index is 44.3. The minimum Gasteiger partial charge on any atom is -0.305 e. The highest BCUT2D eigenvalue weighted by Crippen LogP contribution is 1.70. The molecule has 0 aromatic carbocycles. The van der Waals surface area contributed by atoms with Crippen molar-refractivity contribution in [2.24, 2.45) is 0 Å². The topological polar surface area (TPSA) is 24.1 Å². The fraction of sp³-hybridized carbons (Fsp3) is 1.00. The van der Waals surface area contributed by atoms with E-state index >= 15 is 0 Å². The second-order valence-corrected chi connectivity index (χ2v) is 3.84. The monoisotopic (exact) mass is 146 g/mol. The van der Waals surface area contributed by atoms with Gasteiger partial charge in [0, 0.05) is 16.2 Å². The Balaban J connectivity index is 2.60. The lowest BCUT2D eigenvalue weighted by Gasteiger charge is -2.01. The summed E-state index contributed by atoms with van der Waals surface area (Å²) in [4.78, 5) is 0. The number of hydrogen-bond acceptors (Lipinski definition) is 2. The van der Waals surface area contributed by atoms with Gasteiger partial charge in [-0.3, -0.25) is 0 Å². The van der Waals surface area contributed by atoms with Gasteiger partial charge in [0.05, 0.1) is 0 Å². The summed E-state index contributed by atoms with van der Waals surface area (Å²) in [7, 11) is 0.289. The summed E-state index contributed by atoms with van der Waals surface area (Å²) in [5.74, 6) is 0. The van der Waals surface area contributed by atoms with Crippen LogP contribution < -0.4 is 10.6 Å². The maximum atomic E-state index is 3.31. The molecule has 0 saturated carbocycles. The molecule has 0 aromatic heterocycles. The zero-order valence-electron chi connectivity index (χ0n) is 6.54. The summed E-state index contributed by atoms with van der Waals surface area (Å²) in [5.41, 5.74) is 0. The average Bonchev–Trinajstić information content (AvgIpc) is 1.89. The van der Waals surface area contributed by atoms with Gasteiger partial charge < -0.3 is 10.6 Å². The van der Waals surface area contributed by atoms with Crippen LogP contribution in [0.3, 0.4) is 0 Å². The fourth-order valence-electron chi connectivity index (χ4n) is 0.604. The summed E-state index contributed by atoms with van der Waals surface area (Å²) in [6.45, 7) is 7.71. The maximum Gasteiger partial charge on any atom is 0.0454 e. The van der Waals surface area contributed by atoms with Crippen LogP contribution in [0.2, 0.25) is 12.6 Å². The van der Waals surface area contributed by atoms with E-state index in [4.69, 9.17) is 0 Å². The molecule has 0 aliphatic carbocycles. The highest BCUT2D eigenvalue weighted by molar-refractivity contribution is 6.33. The molecule has 0 radical (unpaired) electrons. The van der Waals surface area contributed by atoms with Crippen LogP contribution in [-0.2, 0) is 0 Å². The summed E-state index contributed by atoms with van der Waals surface area (Å²) < 4.78 is 0. The predicted octanol–water partition coefficient (Wildman–Crippen LogP) is -0.222. The summed E-state index contributed by atoms with van der Waals surface area (Å²) in [6.07, 6.45) is 0. The molecule has 0 aliphatic rings. The zero-order chi connectivity index (χ0) is 6.95. The largest absolute Gasteiger partial charge is 0.305 e. The van der Waals surface area contributed by atoms with E-state index < -0.39 is 0 Å². The Labute approximate surface area is 60.2 Å². The zero-order valence-corrected chi connectivity index (χ0v) is 7.95. The first kappa shape index (κ1) is 9.14. The SMILES string of the molecule is CCNCNCC[SiH2]C. The molecule has 2 N–H and O–H groups in total. The Hall–Kier alpha value is 0.137. The smallest absolute Gasteiger partial charge is 0.0454 e. The van der Waals surface area contributed by atoms with Crippen molar-refractivity contribution in [2.45, 2.75) is 19.5 Å². The fourth-order valence-corrected chi connectivity index (χ4v) is 1.21.